The Hall–Kier alpha value is -1.11. The maximum absolute atomic E-state index is 11.9. The van der Waals surface area contributed by atoms with Crippen LogP contribution in [-0.4, -0.2) is 28.2 Å². The lowest BCUT2D eigenvalue weighted by atomic mass is 10.1. The zero-order valence-electron chi connectivity index (χ0n) is 10.8. The summed E-state index contributed by atoms with van der Waals surface area (Å²) in [6.45, 7) is 5.02. The molecule has 0 bridgehead atoms. The van der Waals surface area contributed by atoms with Crippen LogP contribution >= 0.6 is 0 Å². The first-order valence-electron chi connectivity index (χ1n) is 5.97. The number of nitrogens with two attached hydrogens (primary N) is 1. The van der Waals surface area contributed by atoms with Crippen LogP contribution < -0.4 is 10.5 Å². The van der Waals surface area contributed by atoms with Crippen molar-refractivity contribution in [3.8, 4) is 0 Å². The molecule has 0 saturated heterocycles. The van der Waals surface area contributed by atoms with Gasteiger partial charge in [0.2, 0.25) is 10.0 Å². The molecule has 0 unspecified atom stereocenters. The van der Waals surface area contributed by atoms with E-state index in [2.05, 4.69) is 4.72 Å². The van der Waals surface area contributed by atoms with Crippen LogP contribution in [0.25, 0.3) is 0 Å². The highest BCUT2D eigenvalue weighted by molar-refractivity contribution is 7.89. The summed E-state index contributed by atoms with van der Waals surface area (Å²) in [7, 11) is -3.50. The number of nitrogens with one attached hydrogen (secondary N) is 1. The van der Waals surface area contributed by atoms with Gasteiger partial charge in [0.1, 0.15) is 0 Å². The Morgan fingerprint density at radius 2 is 2.06 bits per heavy atom. The molecule has 102 valence electrons. The molecule has 3 N–H and O–H groups in total. The minimum Gasteiger partial charge on any atom is -0.398 e. The van der Waals surface area contributed by atoms with Gasteiger partial charge in [-0.15, -0.1) is 0 Å². The van der Waals surface area contributed by atoms with Crippen LogP contribution in [0.15, 0.2) is 23.1 Å². The van der Waals surface area contributed by atoms with Gasteiger partial charge < -0.3 is 10.5 Å². The predicted octanol–water partition coefficient (Wildman–Crippen LogP) is 1.15. The van der Waals surface area contributed by atoms with Gasteiger partial charge in [-0.3, -0.25) is 0 Å². The fraction of sp³-hybridized carbons (Fsp3) is 0.500. The highest BCUT2D eigenvalue weighted by atomic mass is 32.2. The van der Waals surface area contributed by atoms with Crippen molar-refractivity contribution in [2.45, 2.75) is 25.2 Å². The number of anilines is 1. The Kier molecular flexibility index (Phi) is 5.58. The van der Waals surface area contributed by atoms with Crippen LogP contribution in [-0.2, 0) is 21.2 Å². The Morgan fingerprint density at radius 1 is 1.33 bits per heavy atom. The third kappa shape index (κ3) is 3.97. The number of aryl methyl sites for hydroxylation is 1. The molecule has 0 radical (unpaired) electrons. The van der Waals surface area contributed by atoms with Crippen molar-refractivity contribution >= 4 is 15.7 Å². The van der Waals surface area contributed by atoms with E-state index in [1.54, 1.807) is 12.1 Å². The fourth-order valence-corrected chi connectivity index (χ4v) is 2.59. The van der Waals surface area contributed by atoms with Crippen LogP contribution in [0.4, 0.5) is 5.69 Å². The largest absolute Gasteiger partial charge is 0.398 e. The maximum atomic E-state index is 11.9. The molecule has 0 saturated carbocycles. The normalized spacial score (nSPS) is 11.7. The van der Waals surface area contributed by atoms with E-state index in [1.165, 1.54) is 6.07 Å². The summed E-state index contributed by atoms with van der Waals surface area (Å²) < 4.78 is 31.4. The fourth-order valence-electron chi connectivity index (χ4n) is 1.54. The number of sulfonamides is 1. The van der Waals surface area contributed by atoms with Gasteiger partial charge in [-0.25, -0.2) is 13.1 Å². The summed E-state index contributed by atoms with van der Waals surface area (Å²) in [6.07, 6.45) is 0.782. The van der Waals surface area contributed by atoms with Crippen LogP contribution in [0.5, 0.6) is 0 Å². The molecule has 0 fully saturated rings. The Morgan fingerprint density at radius 3 is 2.61 bits per heavy atom. The first-order valence-corrected chi connectivity index (χ1v) is 7.45. The summed E-state index contributed by atoms with van der Waals surface area (Å²) in [4.78, 5) is 0.189. The summed E-state index contributed by atoms with van der Waals surface area (Å²) in [5, 5.41) is 0. The Labute approximate surface area is 108 Å². The van der Waals surface area contributed by atoms with E-state index in [0.717, 1.165) is 12.0 Å². The number of hydrogen-bond donors (Lipinski definition) is 2. The highest BCUT2D eigenvalue weighted by Gasteiger charge is 2.14. The molecule has 0 amide bonds. The molecule has 0 atom stereocenters. The molecule has 1 aromatic carbocycles. The van der Waals surface area contributed by atoms with Crippen LogP contribution in [0, 0.1) is 0 Å². The zero-order chi connectivity index (χ0) is 13.6. The lowest BCUT2D eigenvalue weighted by Crippen LogP contribution is -2.27. The van der Waals surface area contributed by atoms with Crippen molar-refractivity contribution in [3.05, 3.63) is 23.8 Å². The number of nitrogen functional groups attached to an aromatic ring is 1. The van der Waals surface area contributed by atoms with Gasteiger partial charge in [0.05, 0.1) is 11.5 Å². The van der Waals surface area contributed by atoms with E-state index >= 15 is 0 Å². The molecule has 0 aromatic heterocycles. The van der Waals surface area contributed by atoms with Crippen molar-refractivity contribution in [1.29, 1.82) is 0 Å². The van der Waals surface area contributed by atoms with Crippen LogP contribution in [0.1, 0.15) is 19.4 Å². The minimum absolute atomic E-state index is 0.189. The lowest BCUT2D eigenvalue weighted by Gasteiger charge is -2.09. The smallest absolute Gasteiger partial charge is 0.240 e. The molecule has 0 aliphatic rings. The van der Waals surface area contributed by atoms with Gasteiger partial charge in [0.25, 0.3) is 0 Å². The van der Waals surface area contributed by atoms with E-state index in [9.17, 15) is 8.42 Å². The molecule has 6 heteroatoms. The molecule has 0 aliphatic heterocycles. The Bertz CT molecular complexity index is 486. The summed E-state index contributed by atoms with van der Waals surface area (Å²) in [5.41, 5.74) is 7.24. The topological polar surface area (TPSA) is 81.4 Å². The monoisotopic (exact) mass is 272 g/mol. The second-order valence-electron chi connectivity index (χ2n) is 3.81. The number of ether oxygens (including phenoxy) is 1. The van der Waals surface area contributed by atoms with Crippen molar-refractivity contribution < 1.29 is 13.2 Å². The summed E-state index contributed by atoms with van der Waals surface area (Å²) in [6, 6.07) is 4.80. The van der Waals surface area contributed by atoms with Crippen molar-refractivity contribution in [2.24, 2.45) is 0 Å². The van der Waals surface area contributed by atoms with Gasteiger partial charge in [0, 0.05) is 18.8 Å². The van der Waals surface area contributed by atoms with Crippen LogP contribution in [0.2, 0.25) is 0 Å². The number of benzene rings is 1. The van der Waals surface area contributed by atoms with E-state index in [-0.39, 0.29) is 11.4 Å². The Balaban J connectivity index is 2.76. The van der Waals surface area contributed by atoms with Gasteiger partial charge in [-0.05, 0) is 31.0 Å². The molecule has 0 heterocycles. The quantitative estimate of drug-likeness (QED) is 0.576. The molecular formula is C12H20N2O3S. The SMILES string of the molecule is CCOCCNS(=O)(=O)c1ccc(CC)c(N)c1. The summed E-state index contributed by atoms with van der Waals surface area (Å²) >= 11 is 0. The minimum atomic E-state index is -3.50. The predicted molar refractivity (Wildman–Crippen MR) is 71.9 cm³/mol. The van der Waals surface area contributed by atoms with Crippen molar-refractivity contribution in [1.82, 2.24) is 4.72 Å². The van der Waals surface area contributed by atoms with Crippen molar-refractivity contribution in [2.75, 3.05) is 25.5 Å². The first-order chi connectivity index (χ1) is 8.51. The summed E-state index contributed by atoms with van der Waals surface area (Å²) in [5.74, 6) is 0. The third-order valence-corrected chi connectivity index (χ3v) is 4.01. The molecule has 1 rings (SSSR count). The first kappa shape index (κ1) is 14.9. The second-order valence-corrected chi connectivity index (χ2v) is 5.58. The molecular weight excluding hydrogens is 252 g/mol. The van der Waals surface area contributed by atoms with Crippen molar-refractivity contribution in [3.63, 3.8) is 0 Å². The molecule has 1 aromatic rings. The lowest BCUT2D eigenvalue weighted by molar-refractivity contribution is 0.153. The van der Waals surface area contributed by atoms with E-state index < -0.39 is 10.0 Å². The maximum Gasteiger partial charge on any atom is 0.240 e. The third-order valence-electron chi connectivity index (χ3n) is 2.55. The van der Waals surface area contributed by atoms with Gasteiger partial charge in [0.15, 0.2) is 0 Å². The van der Waals surface area contributed by atoms with E-state index in [4.69, 9.17) is 10.5 Å². The second kappa shape index (κ2) is 6.72. The molecule has 18 heavy (non-hydrogen) atoms. The van der Waals surface area contributed by atoms with Gasteiger partial charge >= 0.3 is 0 Å². The number of hydrogen-bond acceptors (Lipinski definition) is 4. The number of rotatable bonds is 7. The van der Waals surface area contributed by atoms with E-state index in [0.29, 0.717) is 18.9 Å². The van der Waals surface area contributed by atoms with E-state index in [1.807, 2.05) is 13.8 Å². The van der Waals surface area contributed by atoms with Gasteiger partial charge in [-0.1, -0.05) is 13.0 Å². The standard InChI is InChI=1S/C12H20N2O3S/c1-3-10-5-6-11(9-12(10)13)18(15,16)14-7-8-17-4-2/h5-6,9,14H,3-4,7-8,13H2,1-2H3. The molecule has 5 nitrogen and oxygen atoms in total. The average Bonchev–Trinajstić information content (AvgIpc) is 2.34. The van der Waals surface area contributed by atoms with Gasteiger partial charge in [-0.2, -0.15) is 0 Å². The van der Waals surface area contributed by atoms with Crippen LogP contribution in [0.3, 0.4) is 0 Å². The molecule has 0 aliphatic carbocycles. The highest BCUT2D eigenvalue weighted by Crippen LogP contribution is 2.18. The zero-order valence-corrected chi connectivity index (χ0v) is 11.6. The average molecular weight is 272 g/mol. The molecule has 0 spiro atoms.